The van der Waals surface area contributed by atoms with Gasteiger partial charge in [-0.3, -0.25) is 4.79 Å². The molecule has 17 heavy (non-hydrogen) atoms. The number of nitrogens with one attached hydrogen (secondary N) is 1. The van der Waals surface area contributed by atoms with Gasteiger partial charge in [-0.15, -0.1) is 0 Å². The van der Waals surface area contributed by atoms with Crippen molar-refractivity contribution in [3.8, 4) is 6.07 Å². The number of amides is 1. The van der Waals surface area contributed by atoms with Crippen LogP contribution in [-0.4, -0.2) is 12.5 Å². The highest BCUT2D eigenvalue weighted by Crippen LogP contribution is 2.12. The van der Waals surface area contributed by atoms with Crippen LogP contribution in [-0.2, 0) is 11.2 Å². The minimum atomic E-state index is -0.145. The number of carbonyl (C=O) groups is 1. The van der Waals surface area contributed by atoms with E-state index in [0.29, 0.717) is 13.0 Å². The van der Waals surface area contributed by atoms with Crippen molar-refractivity contribution in [1.82, 2.24) is 0 Å². The van der Waals surface area contributed by atoms with Gasteiger partial charge in [0.25, 0.3) is 0 Å². The number of hydrogen-bond donors (Lipinski definition) is 2. The largest absolute Gasteiger partial charge is 0.330 e. The number of anilines is 1. The zero-order valence-corrected chi connectivity index (χ0v) is 9.94. The molecule has 0 spiro atoms. The number of benzene rings is 1. The van der Waals surface area contributed by atoms with Gasteiger partial charge in [0.05, 0.1) is 18.4 Å². The fourth-order valence-corrected chi connectivity index (χ4v) is 1.50. The lowest BCUT2D eigenvalue weighted by molar-refractivity contribution is -0.119. The average Bonchev–Trinajstić information content (AvgIpc) is 2.33. The Kier molecular flexibility index (Phi) is 5.18. The minimum absolute atomic E-state index is 0.0527. The molecule has 0 aromatic heterocycles. The summed E-state index contributed by atoms with van der Waals surface area (Å²) in [5, 5.41) is 11.3. The second kappa shape index (κ2) is 6.66. The Morgan fingerprint density at radius 1 is 1.47 bits per heavy atom. The smallest absolute Gasteiger partial charge is 0.228 e. The molecule has 0 aliphatic rings. The third kappa shape index (κ3) is 3.89. The van der Waals surface area contributed by atoms with E-state index in [1.54, 1.807) is 12.1 Å². The lowest BCUT2D eigenvalue weighted by atomic mass is 10.1. The topological polar surface area (TPSA) is 78.9 Å². The molecule has 0 saturated carbocycles. The summed E-state index contributed by atoms with van der Waals surface area (Å²) in [6, 6.07) is 9.35. The van der Waals surface area contributed by atoms with Gasteiger partial charge in [-0.25, -0.2) is 0 Å². The van der Waals surface area contributed by atoms with Crippen molar-refractivity contribution in [1.29, 1.82) is 5.26 Å². The van der Waals surface area contributed by atoms with Gasteiger partial charge in [0.2, 0.25) is 5.91 Å². The standard InChI is InChI=1S/C13H17N3O/c1-2-11(9-15)13(17)16-12-5-3-10(4-6-12)7-8-14/h3-6,11H,2,7,9,15H2,1H3,(H,16,17). The Balaban J connectivity index is 2.63. The Hall–Kier alpha value is -1.86. The molecule has 3 N–H and O–H groups in total. The van der Waals surface area contributed by atoms with Crippen molar-refractivity contribution in [2.24, 2.45) is 11.7 Å². The predicted octanol–water partition coefficient (Wildman–Crippen LogP) is 1.68. The second-order valence-corrected chi connectivity index (χ2v) is 3.86. The minimum Gasteiger partial charge on any atom is -0.330 e. The van der Waals surface area contributed by atoms with Crippen LogP contribution in [0, 0.1) is 17.2 Å². The van der Waals surface area contributed by atoms with Gasteiger partial charge in [-0.05, 0) is 24.1 Å². The first-order valence-corrected chi connectivity index (χ1v) is 5.68. The van der Waals surface area contributed by atoms with E-state index < -0.39 is 0 Å². The molecule has 1 amide bonds. The molecular formula is C13H17N3O. The number of hydrogen-bond acceptors (Lipinski definition) is 3. The zero-order chi connectivity index (χ0) is 12.7. The summed E-state index contributed by atoms with van der Waals surface area (Å²) in [4.78, 5) is 11.7. The van der Waals surface area contributed by atoms with Crippen LogP contribution in [0.25, 0.3) is 0 Å². The van der Waals surface area contributed by atoms with Gasteiger partial charge < -0.3 is 11.1 Å². The maximum atomic E-state index is 11.7. The molecule has 4 heteroatoms. The lowest BCUT2D eigenvalue weighted by Crippen LogP contribution is -2.28. The first-order valence-electron chi connectivity index (χ1n) is 5.68. The highest BCUT2D eigenvalue weighted by molar-refractivity contribution is 5.92. The fraction of sp³-hybridized carbons (Fsp3) is 0.385. The molecule has 1 rings (SSSR count). The van der Waals surface area contributed by atoms with Crippen molar-refractivity contribution in [3.63, 3.8) is 0 Å². The van der Waals surface area contributed by atoms with E-state index in [1.807, 2.05) is 19.1 Å². The van der Waals surface area contributed by atoms with Gasteiger partial charge in [0, 0.05) is 12.2 Å². The van der Waals surface area contributed by atoms with Crippen molar-refractivity contribution in [2.75, 3.05) is 11.9 Å². The maximum absolute atomic E-state index is 11.7. The summed E-state index contributed by atoms with van der Waals surface area (Å²) in [7, 11) is 0. The molecule has 1 aromatic rings. The zero-order valence-electron chi connectivity index (χ0n) is 9.94. The molecule has 1 aromatic carbocycles. The van der Waals surface area contributed by atoms with Gasteiger partial charge in [-0.2, -0.15) is 5.26 Å². The summed E-state index contributed by atoms with van der Waals surface area (Å²) < 4.78 is 0. The van der Waals surface area contributed by atoms with Crippen LogP contribution in [0.3, 0.4) is 0 Å². The van der Waals surface area contributed by atoms with E-state index in [4.69, 9.17) is 11.0 Å². The Morgan fingerprint density at radius 3 is 2.59 bits per heavy atom. The molecule has 0 bridgehead atoms. The van der Waals surface area contributed by atoms with Gasteiger partial charge >= 0.3 is 0 Å². The van der Waals surface area contributed by atoms with Crippen molar-refractivity contribution in [2.45, 2.75) is 19.8 Å². The van der Waals surface area contributed by atoms with Crippen LogP contribution >= 0.6 is 0 Å². The van der Waals surface area contributed by atoms with Crippen LogP contribution in [0.15, 0.2) is 24.3 Å². The third-order valence-corrected chi connectivity index (χ3v) is 2.65. The van der Waals surface area contributed by atoms with E-state index in [1.165, 1.54) is 0 Å². The Labute approximate surface area is 101 Å². The van der Waals surface area contributed by atoms with Crippen LogP contribution in [0.4, 0.5) is 5.69 Å². The van der Waals surface area contributed by atoms with E-state index in [0.717, 1.165) is 17.7 Å². The molecule has 1 unspecified atom stereocenters. The van der Waals surface area contributed by atoms with E-state index in [-0.39, 0.29) is 11.8 Å². The Bertz CT molecular complexity index is 402. The van der Waals surface area contributed by atoms with E-state index in [9.17, 15) is 4.79 Å². The highest BCUT2D eigenvalue weighted by atomic mass is 16.1. The second-order valence-electron chi connectivity index (χ2n) is 3.86. The van der Waals surface area contributed by atoms with Crippen LogP contribution < -0.4 is 11.1 Å². The van der Waals surface area contributed by atoms with Gasteiger partial charge in [0.15, 0.2) is 0 Å². The average molecular weight is 231 g/mol. The summed E-state index contributed by atoms with van der Waals surface area (Å²) in [5.74, 6) is -0.197. The number of nitrogens with two attached hydrogens (primary N) is 1. The van der Waals surface area contributed by atoms with Gasteiger partial charge in [-0.1, -0.05) is 19.1 Å². The molecule has 0 aliphatic carbocycles. The first-order chi connectivity index (χ1) is 8.21. The Morgan fingerprint density at radius 2 is 2.12 bits per heavy atom. The van der Waals surface area contributed by atoms with Crippen molar-refractivity contribution >= 4 is 11.6 Å². The summed E-state index contributed by atoms with van der Waals surface area (Å²) in [6.07, 6.45) is 1.11. The van der Waals surface area contributed by atoms with Crippen LogP contribution in [0.2, 0.25) is 0 Å². The van der Waals surface area contributed by atoms with Gasteiger partial charge in [0.1, 0.15) is 0 Å². The lowest BCUT2D eigenvalue weighted by Gasteiger charge is -2.12. The molecule has 0 radical (unpaired) electrons. The molecule has 0 aliphatic heterocycles. The number of nitrogens with zero attached hydrogens (tertiary/aromatic N) is 1. The monoisotopic (exact) mass is 231 g/mol. The molecule has 0 fully saturated rings. The van der Waals surface area contributed by atoms with Crippen LogP contribution in [0.5, 0.6) is 0 Å². The third-order valence-electron chi connectivity index (χ3n) is 2.65. The normalized spacial score (nSPS) is 11.6. The maximum Gasteiger partial charge on any atom is 0.228 e. The number of rotatable bonds is 5. The van der Waals surface area contributed by atoms with E-state index in [2.05, 4.69) is 11.4 Å². The van der Waals surface area contributed by atoms with Crippen molar-refractivity contribution in [3.05, 3.63) is 29.8 Å². The summed E-state index contributed by atoms with van der Waals surface area (Å²) >= 11 is 0. The first kappa shape index (κ1) is 13.2. The molecule has 90 valence electrons. The highest BCUT2D eigenvalue weighted by Gasteiger charge is 2.14. The molecule has 0 heterocycles. The number of carbonyl (C=O) groups excluding carboxylic acids is 1. The molecular weight excluding hydrogens is 214 g/mol. The van der Waals surface area contributed by atoms with E-state index >= 15 is 0 Å². The fourth-order valence-electron chi connectivity index (χ4n) is 1.50. The molecule has 1 atom stereocenters. The summed E-state index contributed by atoms with van der Waals surface area (Å²) in [6.45, 7) is 2.29. The number of nitriles is 1. The summed E-state index contributed by atoms with van der Waals surface area (Å²) in [5.41, 5.74) is 7.19. The SMILES string of the molecule is CCC(CN)C(=O)Nc1ccc(CC#N)cc1. The molecule has 0 saturated heterocycles. The predicted molar refractivity (Wildman–Crippen MR) is 67.2 cm³/mol. The quantitative estimate of drug-likeness (QED) is 0.809. The van der Waals surface area contributed by atoms with Crippen molar-refractivity contribution < 1.29 is 4.79 Å². The molecule has 4 nitrogen and oxygen atoms in total. The van der Waals surface area contributed by atoms with Crippen LogP contribution in [0.1, 0.15) is 18.9 Å².